The molecule has 2 heterocycles. The van der Waals surface area contributed by atoms with Gasteiger partial charge in [-0.2, -0.15) is 5.10 Å². The number of carbonyl (C=O) groups excluding carboxylic acids is 1. The van der Waals surface area contributed by atoms with Crippen molar-refractivity contribution in [2.75, 3.05) is 27.2 Å². The van der Waals surface area contributed by atoms with Crippen LogP contribution >= 0.6 is 24.0 Å². The average Bonchev–Trinajstić information content (AvgIpc) is 3.13. The maximum absolute atomic E-state index is 12.0. The highest BCUT2D eigenvalue weighted by Crippen LogP contribution is 2.22. The first-order chi connectivity index (χ1) is 13.5. The second-order valence-corrected chi connectivity index (χ2v) is 8.20. The number of likely N-dealkylation sites (N-methyl/N-ethyl adjacent to an activating group) is 1. The van der Waals surface area contributed by atoms with Crippen LogP contribution in [-0.2, 0) is 24.2 Å². The number of aromatic nitrogens is 3. The van der Waals surface area contributed by atoms with Crippen molar-refractivity contribution in [1.82, 2.24) is 30.3 Å². The summed E-state index contributed by atoms with van der Waals surface area (Å²) in [6, 6.07) is 0.242. The van der Waals surface area contributed by atoms with Crippen molar-refractivity contribution < 1.29 is 4.79 Å². The quantitative estimate of drug-likeness (QED) is 0.343. The number of guanidine groups is 1. The molecule has 3 rings (SSSR count). The molecule has 1 aliphatic carbocycles. The number of hydrogen-bond acceptors (Lipinski definition) is 4. The summed E-state index contributed by atoms with van der Waals surface area (Å²) in [6.07, 6.45) is 9.33. The molecule has 9 heteroatoms. The topological polar surface area (TPSA) is 87.4 Å². The average molecular weight is 517 g/mol. The number of aliphatic imine (C=N–C) groups is 1. The van der Waals surface area contributed by atoms with Crippen molar-refractivity contribution in [3.8, 4) is 0 Å². The van der Waals surface area contributed by atoms with Gasteiger partial charge in [-0.25, -0.2) is 14.7 Å². The number of amides is 1. The molecule has 164 valence electrons. The molecule has 1 aromatic rings. The Morgan fingerprint density at radius 1 is 1.24 bits per heavy atom. The molecule has 1 amide bonds. The Balaban J connectivity index is 0.00000300. The molecular weight excluding hydrogens is 481 g/mol. The van der Waals surface area contributed by atoms with E-state index in [1.807, 2.05) is 4.68 Å². The lowest BCUT2D eigenvalue weighted by molar-refractivity contribution is -0.127. The third-order valence-corrected chi connectivity index (χ3v) is 5.71. The standard InChI is InChI=1S/C20H35N7O.HI/c1-4-17-24-18-11-10-16(14-27(18)25-17)23-20(22-13-19(28)26(2)3)21-12-15-8-6-5-7-9-15;/h15-16H,4-14H2,1-3H3,(H2,21,22,23);1H. The maximum Gasteiger partial charge on any atom is 0.243 e. The van der Waals surface area contributed by atoms with Gasteiger partial charge in [0, 0.05) is 39.5 Å². The van der Waals surface area contributed by atoms with Gasteiger partial charge >= 0.3 is 0 Å². The van der Waals surface area contributed by atoms with Crippen LogP contribution < -0.4 is 10.6 Å². The number of hydrogen-bond donors (Lipinski definition) is 2. The van der Waals surface area contributed by atoms with Gasteiger partial charge in [-0.15, -0.1) is 24.0 Å². The minimum absolute atomic E-state index is 0. The molecule has 2 aliphatic rings. The number of nitrogens with one attached hydrogen (secondary N) is 2. The summed E-state index contributed by atoms with van der Waals surface area (Å²) in [4.78, 5) is 22.7. The summed E-state index contributed by atoms with van der Waals surface area (Å²) in [6.45, 7) is 3.95. The molecule has 1 aromatic heterocycles. The fourth-order valence-electron chi connectivity index (χ4n) is 3.89. The van der Waals surface area contributed by atoms with Gasteiger partial charge in [0.2, 0.25) is 5.91 Å². The highest BCUT2D eigenvalue weighted by atomic mass is 127. The van der Waals surface area contributed by atoms with E-state index in [0.717, 1.165) is 50.0 Å². The van der Waals surface area contributed by atoms with Crippen molar-refractivity contribution in [2.45, 2.75) is 70.9 Å². The molecule has 2 N–H and O–H groups in total. The van der Waals surface area contributed by atoms with E-state index in [-0.39, 0.29) is 42.5 Å². The first-order valence-corrected chi connectivity index (χ1v) is 10.7. The smallest absolute Gasteiger partial charge is 0.243 e. The van der Waals surface area contributed by atoms with Crippen LogP contribution in [0.4, 0.5) is 0 Å². The summed E-state index contributed by atoms with van der Waals surface area (Å²) >= 11 is 0. The van der Waals surface area contributed by atoms with Gasteiger partial charge < -0.3 is 15.5 Å². The van der Waals surface area contributed by atoms with E-state index < -0.39 is 0 Å². The number of nitrogens with zero attached hydrogens (tertiary/aromatic N) is 5. The van der Waals surface area contributed by atoms with E-state index in [0.29, 0.717) is 5.92 Å². The lowest BCUT2D eigenvalue weighted by Gasteiger charge is -2.27. The Kier molecular flexibility index (Phi) is 9.64. The summed E-state index contributed by atoms with van der Waals surface area (Å²) in [5.74, 6) is 3.44. The van der Waals surface area contributed by atoms with Crippen LogP contribution in [-0.4, -0.2) is 64.8 Å². The van der Waals surface area contributed by atoms with Crippen molar-refractivity contribution in [2.24, 2.45) is 10.9 Å². The zero-order chi connectivity index (χ0) is 19.9. The number of rotatable bonds is 6. The van der Waals surface area contributed by atoms with E-state index in [2.05, 4.69) is 32.6 Å². The Morgan fingerprint density at radius 3 is 2.69 bits per heavy atom. The molecule has 8 nitrogen and oxygen atoms in total. The number of fused-ring (bicyclic) bond motifs is 1. The summed E-state index contributed by atoms with van der Waals surface area (Å²) < 4.78 is 2.02. The van der Waals surface area contributed by atoms with Crippen LogP contribution in [0.3, 0.4) is 0 Å². The van der Waals surface area contributed by atoms with Gasteiger partial charge in [-0.3, -0.25) is 4.79 Å². The van der Waals surface area contributed by atoms with Crippen LogP contribution in [0.2, 0.25) is 0 Å². The van der Waals surface area contributed by atoms with E-state index in [1.54, 1.807) is 19.0 Å². The van der Waals surface area contributed by atoms with Crippen LogP contribution in [0.15, 0.2) is 4.99 Å². The van der Waals surface area contributed by atoms with Crippen molar-refractivity contribution in [3.63, 3.8) is 0 Å². The minimum Gasteiger partial charge on any atom is -0.356 e. The molecule has 0 radical (unpaired) electrons. The van der Waals surface area contributed by atoms with Gasteiger partial charge in [0.15, 0.2) is 11.8 Å². The molecule has 1 fully saturated rings. The van der Waals surface area contributed by atoms with Gasteiger partial charge in [0.05, 0.1) is 6.54 Å². The van der Waals surface area contributed by atoms with Crippen LogP contribution in [0.1, 0.15) is 57.1 Å². The maximum atomic E-state index is 12.0. The van der Waals surface area contributed by atoms with Crippen LogP contribution in [0.5, 0.6) is 0 Å². The lowest BCUT2D eigenvalue weighted by atomic mass is 9.89. The highest BCUT2D eigenvalue weighted by molar-refractivity contribution is 14.0. The zero-order valence-corrected chi connectivity index (χ0v) is 20.3. The minimum atomic E-state index is 0. The predicted molar refractivity (Wildman–Crippen MR) is 126 cm³/mol. The predicted octanol–water partition coefficient (Wildman–Crippen LogP) is 1.98. The summed E-state index contributed by atoms with van der Waals surface area (Å²) in [7, 11) is 3.53. The van der Waals surface area contributed by atoms with Crippen LogP contribution in [0.25, 0.3) is 0 Å². The Morgan fingerprint density at radius 2 is 2.00 bits per heavy atom. The summed E-state index contributed by atoms with van der Waals surface area (Å²) in [5.41, 5.74) is 0. The molecule has 0 saturated heterocycles. The van der Waals surface area contributed by atoms with E-state index in [4.69, 9.17) is 0 Å². The number of carbonyl (C=O) groups is 1. The van der Waals surface area contributed by atoms with Gasteiger partial charge in [-0.1, -0.05) is 26.2 Å². The number of halogens is 1. The lowest BCUT2D eigenvalue weighted by Crippen LogP contribution is -2.48. The van der Waals surface area contributed by atoms with E-state index >= 15 is 0 Å². The normalized spacial score (nSPS) is 19.8. The molecule has 29 heavy (non-hydrogen) atoms. The fourth-order valence-corrected chi connectivity index (χ4v) is 3.89. The largest absolute Gasteiger partial charge is 0.356 e. The van der Waals surface area contributed by atoms with Crippen molar-refractivity contribution >= 4 is 35.8 Å². The summed E-state index contributed by atoms with van der Waals surface area (Å²) in [5, 5.41) is 11.6. The third kappa shape index (κ3) is 7.11. The van der Waals surface area contributed by atoms with Gasteiger partial charge in [0.1, 0.15) is 12.4 Å². The van der Waals surface area contributed by atoms with E-state index in [9.17, 15) is 4.79 Å². The molecule has 1 saturated carbocycles. The SMILES string of the molecule is CCc1nc2n(n1)CC(NC(=NCC(=O)N(C)C)NCC1CCCCC1)CC2.I. The van der Waals surface area contributed by atoms with Gasteiger partial charge in [0.25, 0.3) is 0 Å². The molecule has 1 aliphatic heterocycles. The first-order valence-electron chi connectivity index (χ1n) is 10.7. The Bertz CT molecular complexity index is 682. The fraction of sp³-hybridized carbons (Fsp3) is 0.800. The second kappa shape index (κ2) is 11.7. The molecule has 1 atom stereocenters. The van der Waals surface area contributed by atoms with E-state index in [1.165, 1.54) is 32.1 Å². The molecular formula is C20H36IN7O. The Hall–Kier alpha value is -1.39. The number of aryl methyl sites for hydroxylation is 2. The molecule has 0 spiro atoms. The monoisotopic (exact) mass is 517 g/mol. The first kappa shape index (κ1) is 23.9. The zero-order valence-electron chi connectivity index (χ0n) is 18.0. The highest BCUT2D eigenvalue weighted by Gasteiger charge is 2.23. The third-order valence-electron chi connectivity index (χ3n) is 5.71. The molecule has 1 unspecified atom stereocenters. The van der Waals surface area contributed by atoms with Gasteiger partial charge in [-0.05, 0) is 25.2 Å². The Labute approximate surface area is 191 Å². The molecule has 0 bridgehead atoms. The van der Waals surface area contributed by atoms with Crippen LogP contribution in [0, 0.1) is 5.92 Å². The van der Waals surface area contributed by atoms with Crippen molar-refractivity contribution in [3.05, 3.63) is 11.6 Å². The van der Waals surface area contributed by atoms with Crippen molar-refractivity contribution in [1.29, 1.82) is 0 Å². The molecule has 0 aromatic carbocycles. The second-order valence-electron chi connectivity index (χ2n) is 8.20.